The highest BCUT2D eigenvalue weighted by molar-refractivity contribution is 6.22. The Labute approximate surface area is 156 Å². The molecule has 1 aliphatic heterocycles. The standard InChI is InChI=1S/C22H16N2O3/c23-12-13-1-7-17(8-2-13)27-18-9-5-16(6-10-18)24-21(25)19-14-3-4-15(11-14)20(19)22(24)26/h1-10,14-15,19-20H,11H2/t14-,15+,19-,20+. The van der Waals surface area contributed by atoms with Crippen molar-refractivity contribution in [2.45, 2.75) is 6.42 Å². The number of nitrogens with zero attached hydrogens (tertiary/aromatic N) is 2. The number of rotatable bonds is 3. The third kappa shape index (κ3) is 2.37. The first kappa shape index (κ1) is 15.8. The lowest BCUT2D eigenvalue weighted by atomic mass is 9.85. The van der Waals surface area contributed by atoms with Gasteiger partial charge in [0.25, 0.3) is 0 Å². The predicted molar refractivity (Wildman–Crippen MR) is 97.9 cm³/mol. The number of ether oxygens (including phenoxy) is 1. The Hall–Kier alpha value is -3.39. The van der Waals surface area contributed by atoms with Crippen LogP contribution in [-0.4, -0.2) is 11.8 Å². The van der Waals surface area contributed by atoms with Crippen LogP contribution in [0.4, 0.5) is 5.69 Å². The number of fused-ring (bicyclic) bond motifs is 5. The van der Waals surface area contributed by atoms with E-state index >= 15 is 0 Å². The summed E-state index contributed by atoms with van der Waals surface area (Å²) in [5, 5.41) is 8.84. The Balaban J connectivity index is 1.35. The Kier molecular flexibility index (Phi) is 3.41. The van der Waals surface area contributed by atoms with Crippen LogP contribution in [0.3, 0.4) is 0 Å². The first-order valence-corrected chi connectivity index (χ1v) is 9.00. The molecule has 1 heterocycles. The van der Waals surface area contributed by atoms with Crippen LogP contribution in [0.25, 0.3) is 0 Å². The number of carbonyl (C=O) groups is 2. The van der Waals surface area contributed by atoms with Crippen molar-refractivity contribution in [1.29, 1.82) is 5.26 Å². The predicted octanol–water partition coefficient (Wildman–Crippen LogP) is 3.66. The second-order valence-corrected chi connectivity index (χ2v) is 7.24. The van der Waals surface area contributed by atoms with Crippen LogP contribution >= 0.6 is 0 Å². The second kappa shape index (κ2) is 5.82. The second-order valence-electron chi connectivity index (χ2n) is 7.24. The van der Waals surface area contributed by atoms with Crippen molar-refractivity contribution in [2.24, 2.45) is 23.7 Å². The van der Waals surface area contributed by atoms with Gasteiger partial charge in [-0.25, -0.2) is 0 Å². The van der Waals surface area contributed by atoms with Gasteiger partial charge >= 0.3 is 0 Å². The summed E-state index contributed by atoms with van der Waals surface area (Å²) < 4.78 is 5.76. The number of hydrogen-bond donors (Lipinski definition) is 0. The van der Waals surface area contributed by atoms with Crippen molar-refractivity contribution in [3.8, 4) is 17.6 Å². The summed E-state index contributed by atoms with van der Waals surface area (Å²) >= 11 is 0. The third-order valence-corrected chi connectivity index (χ3v) is 5.78. The van der Waals surface area contributed by atoms with E-state index in [2.05, 4.69) is 18.2 Å². The molecule has 2 fully saturated rings. The highest BCUT2D eigenvalue weighted by atomic mass is 16.5. The van der Waals surface area contributed by atoms with E-state index in [0.29, 0.717) is 22.7 Å². The van der Waals surface area contributed by atoms with Gasteiger partial charge in [0.05, 0.1) is 29.2 Å². The Morgan fingerprint density at radius 3 is 1.89 bits per heavy atom. The Morgan fingerprint density at radius 2 is 1.37 bits per heavy atom. The fraction of sp³-hybridized carbons (Fsp3) is 0.227. The third-order valence-electron chi connectivity index (χ3n) is 5.78. The minimum Gasteiger partial charge on any atom is -0.457 e. The molecule has 0 aromatic heterocycles. The minimum absolute atomic E-state index is 0.0809. The van der Waals surface area contributed by atoms with Crippen molar-refractivity contribution in [3.63, 3.8) is 0 Å². The largest absolute Gasteiger partial charge is 0.457 e. The van der Waals surface area contributed by atoms with Gasteiger partial charge in [0.15, 0.2) is 0 Å². The van der Waals surface area contributed by atoms with E-state index in [9.17, 15) is 9.59 Å². The molecule has 5 nitrogen and oxygen atoms in total. The normalized spacial score (nSPS) is 27.7. The van der Waals surface area contributed by atoms with E-state index in [0.717, 1.165) is 6.42 Å². The van der Waals surface area contributed by atoms with Crippen molar-refractivity contribution < 1.29 is 14.3 Å². The maximum Gasteiger partial charge on any atom is 0.238 e. The van der Waals surface area contributed by atoms with Gasteiger partial charge in [0.2, 0.25) is 11.8 Å². The molecule has 27 heavy (non-hydrogen) atoms. The number of carbonyl (C=O) groups excluding carboxylic acids is 2. The first-order valence-electron chi connectivity index (χ1n) is 9.00. The SMILES string of the molecule is N#Cc1ccc(Oc2ccc(N3C(=O)[C@@H]4[C@H](C3=O)[C@@H]3C=C[C@H]4C3)cc2)cc1. The lowest BCUT2D eigenvalue weighted by Crippen LogP contribution is -2.32. The average Bonchev–Trinajstić information content (AvgIpc) is 3.37. The molecule has 5 rings (SSSR count). The Morgan fingerprint density at radius 1 is 0.852 bits per heavy atom. The summed E-state index contributed by atoms with van der Waals surface area (Å²) in [6.45, 7) is 0. The van der Waals surface area contributed by atoms with Gasteiger partial charge in [-0.1, -0.05) is 12.2 Å². The summed E-state index contributed by atoms with van der Waals surface area (Å²) in [7, 11) is 0. The monoisotopic (exact) mass is 356 g/mol. The fourth-order valence-corrected chi connectivity index (χ4v) is 4.55. The van der Waals surface area contributed by atoms with Crippen LogP contribution in [0.5, 0.6) is 11.5 Å². The number of benzene rings is 2. The number of imide groups is 1. The summed E-state index contributed by atoms with van der Waals surface area (Å²) in [4.78, 5) is 27.0. The van der Waals surface area contributed by atoms with Gasteiger partial charge in [-0.15, -0.1) is 0 Å². The van der Waals surface area contributed by atoms with E-state index in [4.69, 9.17) is 10.00 Å². The van der Waals surface area contributed by atoms with E-state index in [1.54, 1.807) is 48.5 Å². The summed E-state index contributed by atoms with van der Waals surface area (Å²) in [6.07, 6.45) is 5.11. The highest BCUT2D eigenvalue weighted by Crippen LogP contribution is 2.53. The van der Waals surface area contributed by atoms with Gasteiger partial charge in [0, 0.05) is 0 Å². The molecule has 2 bridgehead atoms. The number of hydrogen-bond acceptors (Lipinski definition) is 4. The lowest BCUT2D eigenvalue weighted by Gasteiger charge is -2.17. The molecular formula is C22H16N2O3. The Bertz CT molecular complexity index is 971. The van der Waals surface area contributed by atoms with Gasteiger partial charge in [0.1, 0.15) is 11.5 Å². The summed E-state index contributed by atoms with van der Waals surface area (Å²) in [5.74, 6) is 1.09. The summed E-state index contributed by atoms with van der Waals surface area (Å²) in [5.41, 5.74) is 1.16. The van der Waals surface area contributed by atoms with E-state index in [-0.39, 0.29) is 35.5 Å². The van der Waals surface area contributed by atoms with Crippen molar-refractivity contribution >= 4 is 17.5 Å². The van der Waals surface area contributed by atoms with Gasteiger partial charge in [-0.05, 0) is 66.8 Å². The average molecular weight is 356 g/mol. The molecular weight excluding hydrogens is 340 g/mol. The van der Waals surface area contributed by atoms with Crippen LogP contribution in [0.15, 0.2) is 60.7 Å². The van der Waals surface area contributed by atoms with Crippen LogP contribution in [0.1, 0.15) is 12.0 Å². The zero-order valence-electron chi connectivity index (χ0n) is 14.4. The molecule has 2 aromatic carbocycles. The number of anilines is 1. The molecule has 0 radical (unpaired) electrons. The van der Waals surface area contributed by atoms with Gasteiger partial charge in [-0.2, -0.15) is 5.26 Å². The maximum absolute atomic E-state index is 12.8. The van der Waals surface area contributed by atoms with Crippen molar-refractivity contribution in [2.75, 3.05) is 4.90 Å². The zero-order chi connectivity index (χ0) is 18.5. The van der Waals surface area contributed by atoms with Gasteiger partial charge < -0.3 is 4.74 Å². The first-order chi connectivity index (χ1) is 13.2. The molecule has 3 aliphatic rings. The lowest BCUT2D eigenvalue weighted by molar-refractivity contribution is -0.123. The molecule has 2 aromatic rings. The molecule has 0 N–H and O–H groups in total. The quantitative estimate of drug-likeness (QED) is 0.622. The van der Waals surface area contributed by atoms with Crippen LogP contribution in [0, 0.1) is 35.0 Å². The molecule has 1 saturated heterocycles. The van der Waals surface area contributed by atoms with Crippen LogP contribution < -0.4 is 9.64 Å². The molecule has 5 heteroatoms. The van der Waals surface area contributed by atoms with E-state index in [1.165, 1.54) is 4.90 Å². The molecule has 132 valence electrons. The van der Waals surface area contributed by atoms with Crippen LogP contribution in [0.2, 0.25) is 0 Å². The van der Waals surface area contributed by atoms with Crippen molar-refractivity contribution in [3.05, 3.63) is 66.2 Å². The number of allylic oxidation sites excluding steroid dienone is 2. The van der Waals surface area contributed by atoms with E-state index < -0.39 is 0 Å². The molecule has 0 unspecified atom stereocenters. The van der Waals surface area contributed by atoms with Crippen molar-refractivity contribution in [1.82, 2.24) is 0 Å². The van der Waals surface area contributed by atoms with Gasteiger partial charge in [-0.3, -0.25) is 14.5 Å². The molecule has 2 amide bonds. The molecule has 4 atom stereocenters. The van der Waals surface area contributed by atoms with E-state index in [1.807, 2.05) is 0 Å². The summed E-state index contributed by atoms with van der Waals surface area (Å²) in [6, 6.07) is 15.9. The smallest absolute Gasteiger partial charge is 0.238 e. The minimum atomic E-state index is -0.193. The maximum atomic E-state index is 12.8. The number of amides is 2. The topological polar surface area (TPSA) is 70.4 Å². The highest BCUT2D eigenvalue weighted by Gasteiger charge is 2.59. The number of nitriles is 1. The molecule has 0 spiro atoms. The molecule has 1 saturated carbocycles. The molecule has 2 aliphatic carbocycles. The van der Waals surface area contributed by atoms with Crippen LogP contribution in [-0.2, 0) is 9.59 Å². The fourth-order valence-electron chi connectivity index (χ4n) is 4.55. The zero-order valence-corrected chi connectivity index (χ0v) is 14.4.